The second kappa shape index (κ2) is 12.4. The third-order valence-electron chi connectivity index (χ3n) is 7.21. The minimum absolute atomic E-state index is 0.200. The summed E-state index contributed by atoms with van der Waals surface area (Å²) in [6.45, 7) is 2.97. The van der Waals surface area contributed by atoms with Crippen molar-refractivity contribution in [2.24, 2.45) is 11.8 Å². The van der Waals surface area contributed by atoms with Crippen molar-refractivity contribution in [3.05, 3.63) is 52.6 Å². The zero-order valence-electron chi connectivity index (χ0n) is 20.3. The van der Waals surface area contributed by atoms with Crippen LogP contribution in [0, 0.1) is 11.8 Å². The second-order valence-corrected chi connectivity index (χ2v) is 10.4. The highest BCUT2D eigenvalue weighted by atomic mass is 32.1. The largest absolute Gasteiger partial charge is 0.497 e. The molecule has 0 saturated carbocycles. The predicted molar refractivity (Wildman–Crippen MR) is 138 cm³/mol. The van der Waals surface area contributed by atoms with Gasteiger partial charge in [-0.3, -0.25) is 9.78 Å². The van der Waals surface area contributed by atoms with E-state index in [0.29, 0.717) is 24.7 Å². The Hall–Kier alpha value is -2.55. The highest BCUT2D eigenvalue weighted by Gasteiger charge is 2.30. The van der Waals surface area contributed by atoms with Gasteiger partial charge < -0.3 is 19.8 Å². The monoisotopic (exact) mass is 497 g/mol. The first kappa shape index (κ1) is 25.5. The number of aromatic nitrogens is 2. The number of likely N-dealkylation sites (tertiary alicyclic amines) is 1. The number of ether oxygens (including phenoxy) is 1. The summed E-state index contributed by atoms with van der Waals surface area (Å²) in [5.41, 5.74) is 1.71. The highest BCUT2D eigenvalue weighted by Crippen LogP contribution is 2.35. The van der Waals surface area contributed by atoms with Crippen LogP contribution >= 0.6 is 11.3 Å². The molecule has 8 heteroatoms. The van der Waals surface area contributed by atoms with Gasteiger partial charge in [-0.2, -0.15) is 0 Å². The summed E-state index contributed by atoms with van der Waals surface area (Å²) in [5.74, 6) is 0.764. The molecular weight excluding hydrogens is 462 g/mol. The van der Waals surface area contributed by atoms with E-state index in [2.05, 4.69) is 14.9 Å². The number of methoxy groups -OCH3 is 1. The smallest absolute Gasteiger partial charge is 0.303 e. The van der Waals surface area contributed by atoms with E-state index >= 15 is 0 Å². The molecule has 3 atom stereocenters. The topological polar surface area (TPSA) is 95.8 Å². The molecule has 4 rings (SSSR count). The van der Waals surface area contributed by atoms with Crippen molar-refractivity contribution in [3.63, 3.8) is 0 Å². The molecule has 1 aliphatic rings. The molecule has 0 amide bonds. The summed E-state index contributed by atoms with van der Waals surface area (Å²) in [6.07, 6.45) is 8.53. The third kappa shape index (κ3) is 6.99. The van der Waals surface area contributed by atoms with E-state index in [9.17, 15) is 15.0 Å². The van der Waals surface area contributed by atoms with Crippen LogP contribution in [-0.4, -0.2) is 57.8 Å². The van der Waals surface area contributed by atoms with Crippen LogP contribution in [-0.2, 0) is 11.2 Å². The van der Waals surface area contributed by atoms with E-state index in [4.69, 9.17) is 4.74 Å². The minimum atomic E-state index is -0.734. The van der Waals surface area contributed by atoms with Crippen LogP contribution in [0.3, 0.4) is 0 Å². The number of thiazole rings is 1. The SMILES string of the molecule is COc1ccc2nccc(C(O)CC[C@@H]3CCN(CCCc4nccs4)C[C@@H]3CCC(=O)O)c2c1. The third-order valence-corrected chi connectivity index (χ3v) is 8.04. The molecule has 7 nitrogen and oxygen atoms in total. The lowest BCUT2D eigenvalue weighted by Crippen LogP contribution is -2.41. The average Bonchev–Trinajstić information content (AvgIpc) is 3.39. The summed E-state index contributed by atoms with van der Waals surface area (Å²) >= 11 is 1.70. The van der Waals surface area contributed by atoms with E-state index in [0.717, 1.165) is 67.5 Å². The van der Waals surface area contributed by atoms with E-state index in [-0.39, 0.29) is 6.42 Å². The number of aliphatic carboxylic acids is 1. The second-order valence-electron chi connectivity index (χ2n) is 9.45. The Balaban J connectivity index is 1.36. The Bertz CT molecular complexity index is 1090. The lowest BCUT2D eigenvalue weighted by Gasteiger charge is -2.39. The number of aliphatic hydroxyl groups excluding tert-OH is 1. The first-order valence-electron chi connectivity index (χ1n) is 12.5. The summed E-state index contributed by atoms with van der Waals surface area (Å²) in [7, 11) is 1.64. The molecule has 2 aromatic heterocycles. The molecule has 35 heavy (non-hydrogen) atoms. The van der Waals surface area contributed by atoms with Gasteiger partial charge in [-0.05, 0) is 86.9 Å². The van der Waals surface area contributed by atoms with Crippen LogP contribution in [0.5, 0.6) is 5.75 Å². The Kier molecular flexibility index (Phi) is 9.06. The number of benzene rings is 1. The highest BCUT2D eigenvalue weighted by molar-refractivity contribution is 7.09. The van der Waals surface area contributed by atoms with Crippen LogP contribution in [0.2, 0.25) is 0 Å². The van der Waals surface area contributed by atoms with Gasteiger partial charge in [-0.15, -0.1) is 11.3 Å². The maximum absolute atomic E-state index is 11.3. The van der Waals surface area contributed by atoms with Crippen LogP contribution < -0.4 is 4.74 Å². The van der Waals surface area contributed by atoms with E-state index in [1.165, 1.54) is 5.01 Å². The molecule has 1 saturated heterocycles. The summed E-state index contributed by atoms with van der Waals surface area (Å²) in [6, 6.07) is 7.61. The number of aryl methyl sites for hydroxylation is 1. The van der Waals surface area contributed by atoms with Crippen molar-refractivity contribution >= 4 is 28.2 Å². The minimum Gasteiger partial charge on any atom is -0.497 e. The van der Waals surface area contributed by atoms with Gasteiger partial charge in [0.05, 0.1) is 23.7 Å². The number of piperidine rings is 1. The number of fused-ring (bicyclic) bond motifs is 1. The Morgan fingerprint density at radius 1 is 1.23 bits per heavy atom. The molecule has 1 aromatic carbocycles. The molecule has 0 aliphatic carbocycles. The summed E-state index contributed by atoms with van der Waals surface area (Å²) < 4.78 is 5.37. The Morgan fingerprint density at radius 3 is 2.89 bits per heavy atom. The van der Waals surface area contributed by atoms with Crippen LogP contribution in [0.1, 0.15) is 55.2 Å². The molecule has 1 fully saturated rings. The van der Waals surface area contributed by atoms with Crippen LogP contribution in [0.15, 0.2) is 42.0 Å². The van der Waals surface area contributed by atoms with Gasteiger partial charge in [0.25, 0.3) is 0 Å². The fourth-order valence-corrected chi connectivity index (χ4v) is 5.96. The normalized spacial score (nSPS) is 19.6. The fraction of sp³-hybridized carbons (Fsp3) is 0.519. The lowest BCUT2D eigenvalue weighted by molar-refractivity contribution is -0.137. The van der Waals surface area contributed by atoms with Gasteiger partial charge in [-0.1, -0.05) is 0 Å². The van der Waals surface area contributed by atoms with Crippen molar-refractivity contribution < 1.29 is 19.7 Å². The van der Waals surface area contributed by atoms with Gasteiger partial charge in [0.2, 0.25) is 0 Å². The van der Waals surface area contributed by atoms with Crippen molar-refractivity contribution in [3.8, 4) is 5.75 Å². The van der Waals surface area contributed by atoms with Gasteiger partial charge >= 0.3 is 5.97 Å². The fourth-order valence-electron chi connectivity index (χ4n) is 5.30. The van der Waals surface area contributed by atoms with Gasteiger partial charge in [0, 0.05) is 42.5 Å². The molecule has 0 radical (unpaired) electrons. The molecule has 188 valence electrons. The molecule has 2 N–H and O–H groups in total. The van der Waals surface area contributed by atoms with E-state index in [1.54, 1.807) is 24.6 Å². The molecule has 1 aliphatic heterocycles. The number of aliphatic hydroxyl groups is 1. The molecule has 1 unspecified atom stereocenters. The van der Waals surface area contributed by atoms with Gasteiger partial charge in [0.1, 0.15) is 5.75 Å². The van der Waals surface area contributed by atoms with Crippen LogP contribution in [0.25, 0.3) is 10.9 Å². The number of carboxylic acid groups (broad SMARTS) is 1. The number of pyridine rings is 1. The maximum Gasteiger partial charge on any atom is 0.303 e. The first-order valence-corrected chi connectivity index (χ1v) is 13.3. The van der Waals surface area contributed by atoms with Gasteiger partial charge in [0.15, 0.2) is 0 Å². The summed E-state index contributed by atoms with van der Waals surface area (Å²) in [4.78, 5) is 22.6. The van der Waals surface area contributed by atoms with Crippen molar-refractivity contribution in [1.29, 1.82) is 0 Å². The quantitative estimate of drug-likeness (QED) is 0.365. The number of nitrogens with zero attached hydrogens (tertiary/aromatic N) is 3. The van der Waals surface area contributed by atoms with Crippen molar-refractivity contribution in [2.45, 2.75) is 51.0 Å². The molecule has 0 bridgehead atoms. The standard InChI is InChI=1S/C27H35N3O4S/c1-34-21-6-7-24-23(17-21)22(10-12-28-24)25(31)8-4-19-11-15-30(18-20(19)5-9-27(32)33)14-2-3-26-29-13-16-35-26/h6-7,10,12-13,16-17,19-20,25,31H,2-5,8-9,11,14-15,18H2,1H3,(H,32,33)/t19-,20+,25?/m1/s1. The van der Waals surface area contributed by atoms with Crippen LogP contribution in [0.4, 0.5) is 0 Å². The number of carboxylic acids is 1. The lowest BCUT2D eigenvalue weighted by atomic mass is 9.79. The van der Waals surface area contributed by atoms with E-state index < -0.39 is 12.1 Å². The number of carbonyl (C=O) groups is 1. The molecule has 3 aromatic rings. The number of hydrogen-bond acceptors (Lipinski definition) is 7. The Morgan fingerprint density at radius 2 is 2.11 bits per heavy atom. The Labute approximate surface area is 210 Å². The van der Waals surface area contributed by atoms with E-state index in [1.807, 2.05) is 35.8 Å². The van der Waals surface area contributed by atoms with Crippen molar-refractivity contribution in [1.82, 2.24) is 14.9 Å². The number of hydrogen-bond donors (Lipinski definition) is 2. The molecular formula is C27H35N3O4S. The molecule has 0 spiro atoms. The van der Waals surface area contributed by atoms with Crippen molar-refractivity contribution in [2.75, 3.05) is 26.7 Å². The zero-order chi connectivity index (χ0) is 24.6. The predicted octanol–water partition coefficient (Wildman–Crippen LogP) is 4.95. The van der Waals surface area contributed by atoms with Gasteiger partial charge in [-0.25, -0.2) is 4.98 Å². The average molecular weight is 498 g/mol. The molecule has 3 heterocycles. The zero-order valence-corrected chi connectivity index (χ0v) is 21.1. The number of rotatable bonds is 12. The maximum atomic E-state index is 11.3. The summed E-state index contributed by atoms with van der Waals surface area (Å²) in [5, 5.41) is 24.5. The first-order chi connectivity index (χ1) is 17.0.